The van der Waals surface area contributed by atoms with Gasteiger partial charge >= 0.3 is 0 Å². The van der Waals surface area contributed by atoms with Gasteiger partial charge in [0.1, 0.15) is 0 Å². The number of aryl methyl sites for hydroxylation is 1. The van der Waals surface area contributed by atoms with Crippen molar-refractivity contribution in [2.75, 3.05) is 46.3 Å². The molecule has 2 heterocycles. The van der Waals surface area contributed by atoms with Crippen LogP contribution in [0.1, 0.15) is 35.6 Å². The lowest BCUT2D eigenvalue weighted by Gasteiger charge is -2.35. The van der Waals surface area contributed by atoms with E-state index in [0.29, 0.717) is 12.0 Å². The van der Waals surface area contributed by atoms with Crippen LogP contribution in [0.4, 0.5) is 0 Å². The second-order valence-corrected chi connectivity index (χ2v) is 9.38. The van der Waals surface area contributed by atoms with E-state index in [2.05, 4.69) is 89.2 Å². The molecule has 0 saturated carbocycles. The largest absolute Gasteiger partial charge is 0.306 e. The zero-order valence-electron chi connectivity index (χ0n) is 18.7. The molecule has 0 aliphatic carbocycles. The summed E-state index contributed by atoms with van der Waals surface area (Å²) in [6.45, 7) is 9.32. The Bertz CT molecular complexity index is 778. The van der Waals surface area contributed by atoms with Crippen LogP contribution in [0.3, 0.4) is 0 Å². The number of nitrogens with zero attached hydrogens (tertiary/aromatic N) is 2. The molecule has 30 heavy (non-hydrogen) atoms. The summed E-state index contributed by atoms with van der Waals surface area (Å²) in [6.07, 6.45) is 3.88. The molecule has 0 aromatic heterocycles. The summed E-state index contributed by atoms with van der Waals surface area (Å²) in [5.74, 6) is 1.40. The highest BCUT2D eigenvalue weighted by Crippen LogP contribution is 2.26. The number of likely N-dealkylation sites (tertiary alicyclic amines) is 1. The number of benzene rings is 2. The van der Waals surface area contributed by atoms with Gasteiger partial charge in [-0.05, 0) is 62.4 Å². The summed E-state index contributed by atoms with van der Waals surface area (Å²) in [6, 6.07) is 20.1. The molecule has 4 rings (SSSR count). The van der Waals surface area contributed by atoms with Crippen molar-refractivity contribution in [3.63, 3.8) is 0 Å². The Morgan fingerprint density at radius 2 is 1.83 bits per heavy atom. The average molecular weight is 407 g/mol. The van der Waals surface area contributed by atoms with E-state index in [9.17, 15) is 0 Å². The number of piperidine rings is 1. The van der Waals surface area contributed by atoms with Crippen LogP contribution in [0.5, 0.6) is 0 Å². The molecule has 0 bridgehead atoms. The Hall–Kier alpha value is -1.72. The minimum atomic E-state index is 0.408. The molecule has 2 N–H and O–H groups in total. The second kappa shape index (κ2) is 10.5. The van der Waals surface area contributed by atoms with Gasteiger partial charge < -0.3 is 9.80 Å². The predicted molar refractivity (Wildman–Crippen MR) is 125 cm³/mol. The highest BCUT2D eigenvalue weighted by molar-refractivity contribution is 5.25. The molecule has 2 aliphatic rings. The Balaban J connectivity index is 1.25. The topological polar surface area (TPSA) is 30.5 Å². The van der Waals surface area contributed by atoms with Crippen molar-refractivity contribution in [1.29, 1.82) is 0 Å². The smallest absolute Gasteiger partial charge is 0.0515 e. The monoisotopic (exact) mass is 406 g/mol. The minimum Gasteiger partial charge on any atom is -0.306 e. The number of hydrogen-bond acceptors (Lipinski definition) is 4. The van der Waals surface area contributed by atoms with E-state index in [-0.39, 0.29) is 0 Å². The molecule has 4 heteroatoms. The average Bonchev–Trinajstić information content (AvgIpc) is 3.22. The molecule has 162 valence electrons. The van der Waals surface area contributed by atoms with Gasteiger partial charge in [0.2, 0.25) is 0 Å². The quantitative estimate of drug-likeness (QED) is 0.701. The van der Waals surface area contributed by atoms with Crippen molar-refractivity contribution >= 4 is 0 Å². The van der Waals surface area contributed by atoms with E-state index < -0.39 is 0 Å². The summed E-state index contributed by atoms with van der Waals surface area (Å²) < 4.78 is 0. The van der Waals surface area contributed by atoms with Gasteiger partial charge in [-0.25, -0.2) is 5.43 Å². The van der Waals surface area contributed by atoms with Crippen molar-refractivity contribution in [2.45, 2.75) is 32.2 Å². The van der Waals surface area contributed by atoms with Gasteiger partial charge in [0.05, 0.1) is 6.04 Å². The maximum absolute atomic E-state index is 3.49. The van der Waals surface area contributed by atoms with Crippen LogP contribution in [0.25, 0.3) is 0 Å². The van der Waals surface area contributed by atoms with Crippen LogP contribution in [0, 0.1) is 18.8 Å². The fraction of sp³-hybridized carbons (Fsp3) is 0.538. The first-order chi connectivity index (χ1) is 14.7. The lowest BCUT2D eigenvalue weighted by Crippen LogP contribution is -2.42. The maximum atomic E-state index is 3.49. The summed E-state index contributed by atoms with van der Waals surface area (Å²) in [7, 11) is 2.31. The fourth-order valence-electron chi connectivity index (χ4n) is 5.31. The highest BCUT2D eigenvalue weighted by Gasteiger charge is 2.30. The van der Waals surface area contributed by atoms with E-state index in [1.54, 1.807) is 0 Å². The molecule has 0 amide bonds. The molecular formula is C26H38N4. The third-order valence-corrected chi connectivity index (χ3v) is 6.93. The second-order valence-electron chi connectivity index (χ2n) is 9.38. The van der Waals surface area contributed by atoms with Gasteiger partial charge in [-0.1, -0.05) is 54.6 Å². The summed E-state index contributed by atoms with van der Waals surface area (Å²) in [4.78, 5) is 5.27. The Morgan fingerprint density at radius 3 is 2.67 bits per heavy atom. The standard InChI is InChI=1S/C26H38N4/c1-21-9-6-7-11-23(21)14-16-30-15-8-10-22(19-30)18-29(2)20-25-17-27-28-26(25)24-12-4-3-5-13-24/h3-7,9,11-13,22,25-28H,8,10,14-20H2,1-2H3. The van der Waals surface area contributed by atoms with Crippen LogP contribution in [-0.4, -0.2) is 56.1 Å². The number of nitrogens with one attached hydrogen (secondary N) is 2. The van der Waals surface area contributed by atoms with Crippen molar-refractivity contribution < 1.29 is 0 Å². The van der Waals surface area contributed by atoms with Gasteiger partial charge in [-0.3, -0.25) is 5.43 Å². The van der Waals surface area contributed by atoms with Crippen molar-refractivity contribution in [2.24, 2.45) is 11.8 Å². The summed E-state index contributed by atoms with van der Waals surface area (Å²) >= 11 is 0. The lowest BCUT2D eigenvalue weighted by atomic mass is 9.93. The Labute approximate surface area is 182 Å². The molecule has 0 spiro atoms. The molecule has 2 aliphatic heterocycles. The van der Waals surface area contributed by atoms with Crippen molar-refractivity contribution in [1.82, 2.24) is 20.7 Å². The fourth-order valence-corrected chi connectivity index (χ4v) is 5.31. The summed E-state index contributed by atoms with van der Waals surface area (Å²) in [5, 5.41) is 0. The maximum Gasteiger partial charge on any atom is 0.0515 e. The van der Waals surface area contributed by atoms with Gasteiger partial charge in [0, 0.05) is 38.6 Å². The van der Waals surface area contributed by atoms with E-state index in [1.165, 1.54) is 62.1 Å². The van der Waals surface area contributed by atoms with Crippen LogP contribution < -0.4 is 10.9 Å². The van der Waals surface area contributed by atoms with E-state index in [0.717, 1.165) is 19.0 Å². The molecule has 2 saturated heterocycles. The number of hydrazine groups is 1. The first kappa shape index (κ1) is 21.5. The highest BCUT2D eigenvalue weighted by atomic mass is 15.4. The molecular weight excluding hydrogens is 368 g/mol. The number of rotatable bonds is 8. The van der Waals surface area contributed by atoms with Crippen LogP contribution in [0.15, 0.2) is 54.6 Å². The molecule has 2 aromatic rings. The summed E-state index contributed by atoms with van der Waals surface area (Å²) in [5.41, 5.74) is 11.2. The molecule has 3 atom stereocenters. The SMILES string of the molecule is Cc1ccccc1CCN1CCCC(CN(C)CC2CNNC2c2ccccc2)C1. The lowest BCUT2D eigenvalue weighted by molar-refractivity contribution is 0.137. The zero-order chi connectivity index (χ0) is 20.8. The third-order valence-electron chi connectivity index (χ3n) is 6.93. The van der Waals surface area contributed by atoms with Crippen LogP contribution in [0.2, 0.25) is 0 Å². The Morgan fingerprint density at radius 1 is 1.03 bits per heavy atom. The van der Waals surface area contributed by atoms with Crippen molar-refractivity contribution in [3.8, 4) is 0 Å². The zero-order valence-corrected chi connectivity index (χ0v) is 18.7. The van der Waals surface area contributed by atoms with Gasteiger partial charge in [0.15, 0.2) is 0 Å². The normalized spacial score (nSPS) is 25.1. The van der Waals surface area contributed by atoms with E-state index in [1.807, 2.05) is 0 Å². The van der Waals surface area contributed by atoms with Crippen molar-refractivity contribution in [3.05, 3.63) is 71.3 Å². The van der Waals surface area contributed by atoms with Gasteiger partial charge in [0.25, 0.3) is 0 Å². The van der Waals surface area contributed by atoms with Gasteiger partial charge in [-0.2, -0.15) is 0 Å². The third kappa shape index (κ3) is 5.70. The number of hydrogen-bond donors (Lipinski definition) is 2. The van der Waals surface area contributed by atoms with Crippen LogP contribution in [-0.2, 0) is 6.42 Å². The van der Waals surface area contributed by atoms with Gasteiger partial charge in [-0.15, -0.1) is 0 Å². The van der Waals surface area contributed by atoms with Crippen LogP contribution >= 0.6 is 0 Å². The molecule has 2 fully saturated rings. The van der Waals surface area contributed by atoms with E-state index in [4.69, 9.17) is 0 Å². The molecule has 4 nitrogen and oxygen atoms in total. The molecule has 2 aromatic carbocycles. The predicted octanol–water partition coefficient (Wildman–Crippen LogP) is 3.65. The first-order valence-corrected chi connectivity index (χ1v) is 11.7. The minimum absolute atomic E-state index is 0.408. The molecule has 0 radical (unpaired) electrons. The Kier molecular flexibility index (Phi) is 7.56. The molecule has 3 unspecified atom stereocenters. The first-order valence-electron chi connectivity index (χ1n) is 11.7. The van der Waals surface area contributed by atoms with E-state index >= 15 is 0 Å².